The minimum atomic E-state index is -2.35. The SMILES string of the molecule is CC(C)CCCNCCOCC(F)F. The Morgan fingerprint density at radius 1 is 1.21 bits per heavy atom. The van der Waals surface area contributed by atoms with Crippen LogP contribution in [0.25, 0.3) is 0 Å². The van der Waals surface area contributed by atoms with E-state index in [1.165, 1.54) is 6.42 Å². The third-order valence-corrected chi connectivity index (χ3v) is 1.80. The molecular weight excluding hydrogens is 188 g/mol. The van der Waals surface area contributed by atoms with Gasteiger partial charge in [0.1, 0.15) is 6.61 Å². The molecule has 0 rings (SSSR count). The van der Waals surface area contributed by atoms with Gasteiger partial charge in [0.25, 0.3) is 6.43 Å². The van der Waals surface area contributed by atoms with Gasteiger partial charge in [-0.3, -0.25) is 0 Å². The molecule has 0 bridgehead atoms. The monoisotopic (exact) mass is 209 g/mol. The third kappa shape index (κ3) is 11.8. The maximum absolute atomic E-state index is 11.6. The topological polar surface area (TPSA) is 21.3 Å². The summed E-state index contributed by atoms with van der Waals surface area (Å²) in [5.74, 6) is 0.729. The number of hydrogen-bond acceptors (Lipinski definition) is 2. The number of ether oxygens (including phenoxy) is 1. The van der Waals surface area contributed by atoms with Gasteiger partial charge >= 0.3 is 0 Å². The molecule has 14 heavy (non-hydrogen) atoms. The van der Waals surface area contributed by atoms with Crippen molar-refractivity contribution >= 4 is 0 Å². The van der Waals surface area contributed by atoms with E-state index in [9.17, 15) is 8.78 Å². The second-order valence-electron chi connectivity index (χ2n) is 3.75. The largest absolute Gasteiger partial charge is 0.374 e. The van der Waals surface area contributed by atoms with Gasteiger partial charge in [-0.05, 0) is 25.3 Å². The Bertz CT molecular complexity index is 107. The summed E-state index contributed by atoms with van der Waals surface area (Å²) in [5.41, 5.74) is 0. The summed E-state index contributed by atoms with van der Waals surface area (Å²) in [7, 11) is 0. The van der Waals surface area contributed by atoms with Crippen LogP contribution in [-0.2, 0) is 4.74 Å². The number of alkyl halides is 2. The molecule has 0 heterocycles. The first-order chi connectivity index (χ1) is 6.63. The fourth-order valence-electron chi connectivity index (χ4n) is 1.08. The lowest BCUT2D eigenvalue weighted by Gasteiger charge is -2.07. The molecule has 0 aliphatic rings. The molecule has 0 unspecified atom stereocenters. The predicted molar refractivity (Wildman–Crippen MR) is 53.8 cm³/mol. The Balaban J connectivity index is 2.92. The molecule has 0 aromatic carbocycles. The van der Waals surface area contributed by atoms with Crippen LogP contribution in [0.3, 0.4) is 0 Å². The highest BCUT2D eigenvalue weighted by molar-refractivity contribution is 4.50. The number of rotatable bonds is 9. The van der Waals surface area contributed by atoms with Crippen molar-refractivity contribution in [3.63, 3.8) is 0 Å². The zero-order chi connectivity index (χ0) is 10.8. The second kappa shape index (κ2) is 9.34. The molecule has 0 atom stereocenters. The van der Waals surface area contributed by atoms with Gasteiger partial charge in [-0.15, -0.1) is 0 Å². The first-order valence-corrected chi connectivity index (χ1v) is 5.19. The van der Waals surface area contributed by atoms with E-state index in [1.807, 2.05) is 0 Å². The lowest BCUT2D eigenvalue weighted by atomic mass is 10.1. The van der Waals surface area contributed by atoms with Gasteiger partial charge in [0.05, 0.1) is 6.61 Å². The molecule has 0 aliphatic carbocycles. The van der Waals surface area contributed by atoms with Gasteiger partial charge in [-0.25, -0.2) is 8.78 Å². The number of halogens is 2. The van der Waals surface area contributed by atoms with Crippen molar-refractivity contribution in [2.24, 2.45) is 5.92 Å². The number of nitrogens with one attached hydrogen (secondary N) is 1. The van der Waals surface area contributed by atoms with E-state index in [2.05, 4.69) is 19.2 Å². The van der Waals surface area contributed by atoms with Crippen LogP contribution in [0, 0.1) is 5.92 Å². The lowest BCUT2D eigenvalue weighted by molar-refractivity contribution is 0.0188. The molecule has 2 nitrogen and oxygen atoms in total. The Morgan fingerprint density at radius 3 is 2.50 bits per heavy atom. The minimum Gasteiger partial charge on any atom is -0.374 e. The normalized spacial score (nSPS) is 11.6. The average molecular weight is 209 g/mol. The van der Waals surface area contributed by atoms with Gasteiger partial charge in [0, 0.05) is 6.54 Å². The highest BCUT2D eigenvalue weighted by Gasteiger charge is 2.00. The van der Waals surface area contributed by atoms with Gasteiger partial charge in [-0.2, -0.15) is 0 Å². The van der Waals surface area contributed by atoms with Gasteiger partial charge in [-0.1, -0.05) is 13.8 Å². The van der Waals surface area contributed by atoms with E-state index >= 15 is 0 Å². The van der Waals surface area contributed by atoms with Crippen LogP contribution in [0.2, 0.25) is 0 Å². The summed E-state index contributed by atoms with van der Waals surface area (Å²) in [5, 5.41) is 3.14. The summed E-state index contributed by atoms with van der Waals surface area (Å²) >= 11 is 0. The van der Waals surface area contributed by atoms with Crippen molar-refractivity contribution in [2.45, 2.75) is 33.1 Å². The van der Waals surface area contributed by atoms with Crippen LogP contribution in [-0.4, -0.2) is 32.7 Å². The summed E-state index contributed by atoms with van der Waals surface area (Å²) < 4.78 is 27.9. The maximum Gasteiger partial charge on any atom is 0.261 e. The summed E-state index contributed by atoms with van der Waals surface area (Å²) in [6, 6.07) is 0. The maximum atomic E-state index is 11.6. The molecular formula is C10H21F2NO. The molecule has 0 aliphatic heterocycles. The Morgan fingerprint density at radius 2 is 1.93 bits per heavy atom. The zero-order valence-electron chi connectivity index (χ0n) is 9.06. The number of hydrogen-bond donors (Lipinski definition) is 1. The van der Waals surface area contributed by atoms with Crippen LogP contribution in [0.15, 0.2) is 0 Å². The molecule has 0 saturated carbocycles. The van der Waals surface area contributed by atoms with Crippen LogP contribution in [0.5, 0.6) is 0 Å². The van der Waals surface area contributed by atoms with Gasteiger partial charge < -0.3 is 10.1 Å². The third-order valence-electron chi connectivity index (χ3n) is 1.80. The highest BCUT2D eigenvalue weighted by Crippen LogP contribution is 2.01. The first-order valence-electron chi connectivity index (χ1n) is 5.19. The molecule has 0 amide bonds. The van der Waals surface area contributed by atoms with Crippen LogP contribution >= 0.6 is 0 Å². The summed E-state index contributed by atoms with van der Waals surface area (Å²) in [6.45, 7) is 5.89. The Labute approximate surface area is 85.0 Å². The lowest BCUT2D eigenvalue weighted by Crippen LogP contribution is -2.22. The molecule has 1 N–H and O–H groups in total. The molecule has 0 spiro atoms. The van der Waals surface area contributed by atoms with E-state index < -0.39 is 13.0 Å². The molecule has 4 heteroatoms. The van der Waals surface area contributed by atoms with Gasteiger partial charge in [0.2, 0.25) is 0 Å². The molecule has 0 radical (unpaired) electrons. The van der Waals surface area contributed by atoms with Crippen molar-refractivity contribution in [1.82, 2.24) is 5.32 Å². The minimum absolute atomic E-state index is 0.367. The summed E-state index contributed by atoms with van der Waals surface area (Å²) in [4.78, 5) is 0. The van der Waals surface area contributed by atoms with Crippen molar-refractivity contribution in [3.8, 4) is 0 Å². The van der Waals surface area contributed by atoms with Gasteiger partial charge in [0.15, 0.2) is 0 Å². The molecule has 86 valence electrons. The van der Waals surface area contributed by atoms with E-state index in [0.717, 1.165) is 18.9 Å². The van der Waals surface area contributed by atoms with E-state index in [4.69, 9.17) is 4.74 Å². The second-order valence-corrected chi connectivity index (χ2v) is 3.75. The highest BCUT2D eigenvalue weighted by atomic mass is 19.3. The molecule has 0 aromatic heterocycles. The summed E-state index contributed by atoms with van der Waals surface area (Å²) in [6.07, 6.45) is -0.0202. The van der Waals surface area contributed by atoms with E-state index in [0.29, 0.717) is 13.2 Å². The Kier molecular flexibility index (Phi) is 9.19. The first kappa shape index (κ1) is 13.8. The fraction of sp³-hybridized carbons (Fsp3) is 1.00. The molecule has 0 aromatic rings. The van der Waals surface area contributed by atoms with Crippen LogP contribution in [0.1, 0.15) is 26.7 Å². The van der Waals surface area contributed by atoms with E-state index in [-0.39, 0.29) is 0 Å². The van der Waals surface area contributed by atoms with Crippen molar-refractivity contribution in [3.05, 3.63) is 0 Å². The fourth-order valence-corrected chi connectivity index (χ4v) is 1.08. The van der Waals surface area contributed by atoms with Crippen molar-refractivity contribution < 1.29 is 13.5 Å². The standard InChI is InChI=1S/C10H21F2NO/c1-9(2)4-3-5-13-6-7-14-8-10(11)12/h9-10,13H,3-8H2,1-2H3. The smallest absolute Gasteiger partial charge is 0.261 e. The van der Waals surface area contributed by atoms with Crippen molar-refractivity contribution in [1.29, 1.82) is 0 Å². The average Bonchev–Trinajstić information content (AvgIpc) is 2.08. The van der Waals surface area contributed by atoms with E-state index in [1.54, 1.807) is 0 Å². The molecule has 0 saturated heterocycles. The van der Waals surface area contributed by atoms with Crippen LogP contribution < -0.4 is 5.32 Å². The predicted octanol–water partition coefficient (Wildman–Crippen LogP) is 2.29. The van der Waals surface area contributed by atoms with Crippen LogP contribution in [0.4, 0.5) is 8.78 Å². The zero-order valence-corrected chi connectivity index (χ0v) is 9.06. The van der Waals surface area contributed by atoms with Crippen molar-refractivity contribution in [2.75, 3.05) is 26.3 Å². The quantitative estimate of drug-likeness (QED) is 0.588. The Hall–Kier alpha value is -0.220. The molecule has 0 fully saturated rings.